The van der Waals surface area contributed by atoms with Crippen molar-refractivity contribution in [2.75, 3.05) is 0 Å². The van der Waals surface area contributed by atoms with E-state index in [2.05, 4.69) is 0 Å². The van der Waals surface area contributed by atoms with Gasteiger partial charge in [-0.1, -0.05) is 24.3 Å². The van der Waals surface area contributed by atoms with Crippen molar-refractivity contribution < 1.29 is 13.9 Å². The Bertz CT molecular complexity index is 556. The van der Waals surface area contributed by atoms with Crippen LogP contribution < -0.4 is 0 Å². The average Bonchev–Trinajstić information content (AvgIpc) is 2.45. The Kier molecular flexibility index (Phi) is 4.29. The number of ether oxygens (including phenoxy) is 1. The summed E-state index contributed by atoms with van der Waals surface area (Å²) in [5.74, 6) is 0.456. The number of allylic oxidation sites excluding steroid dienone is 3. The van der Waals surface area contributed by atoms with Gasteiger partial charge in [0.05, 0.1) is 0 Å². The van der Waals surface area contributed by atoms with E-state index in [9.17, 15) is 9.18 Å². The largest absolute Gasteiger partial charge is 0.486 e. The quantitative estimate of drug-likeness (QED) is 0.601. The van der Waals surface area contributed by atoms with Gasteiger partial charge in [-0.15, -0.1) is 0 Å². The molecule has 2 rings (SSSR count). The van der Waals surface area contributed by atoms with Crippen LogP contribution in [-0.2, 0) is 4.74 Å². The topological polar surface area (TPSA) is 26.3 Å². The fourth-order valence-corrected chi connectivity index (χ4v) is 1.92. The lowest BCUT2D eigenvalue weighted by Crippen LogP contribution is -2.11. The first-order valence-corrected chi connectivity index (χ1v) is 6.14. The summed E-state index contributed by atoms with van der Waals surface area (Å²) in [6, 6.07) is 7.14. The molecule has 0 spiro atoms. The van der Waals surface area contributed by atoms with Crippen LogP contribution in [0.4, 0.5) is 4.39 Å². The molecule has 0 saturated carbocycles. The lowest BCUT2D eigenvalue weighted by molar-refractivity contribution is 0.112. The van der Waals surface area contributed by atoms with Crippen LogP contribution in [0.5, 0.6) is 0 Å². The molecule has 0 saturated heterocycles. The monoisotopic (exact) mass is 258 g/mol. The number of carbonyl (C=O) groups is 1. The summed E-state index contributed by atoms with van der Waals surface area (Å²) in [5, 5.41) is 0. The van der Waals surface area contributed by atoms with Crippen LogP contribution in [0.25, 0.3) is 5.76 Å². The van der Waals surface area contributed by atoms with E-state index in [1.54, 1.807) is 24.3 Å². The summed E-state index contributed by atoms with van der Waals surface area (Å²) < 4.78 is 18.9. The molecule has 1 atom stereocenters. The lowest BCUT2D eigenvalue weighted by Gasteiger charge is -2.19. The standard InChI is InChI=1S/C16H15FO2/c1-2-16(13-6-3-5-12(9-13)11-18)19-15-8-4-7-14(17)10-15/h2-9,11,15H,10H2,1H3/b16-2+. The van der Waals surface area contributed by atoms with Crippen molar-refractivity contribution in [2.24, 2.45) is 0 Å². The average molecular weight is 258 g/mol. The second kappa shape index (κ2) is 6.14. The zero-order valence-electron chi connectivity index (χ0n) is 10.7. The van der Waals surface area contributed by atoms with Gasteiger partial charge in [-0.25, -0.2) is 4.39 Å². The molecular weight excluding hydrogens is 243 g/mol. The summed E-state index contributed by atoms with van der Waals surface area (Å²) in [6.07, 6.45) is 7.43. The summed E-state index contributed by atoms with van der Waals surface area (Å²) in [6.45, 7) is 1.85. The van der Waals surface area contributed by atoms with E-state index in [0.29, 0.717) is 11.3 Å². The fourth-order valence-electron chi connectivity index (χ4n) is 1.92. The second-order valence-corrected chi connectivity index (χ2v) is 4.26. The van der Waals surface area contributed by atoms with Gasteiger partial charge < -0.3 is 4.74 Å². The number of halogens is 1. The highest BCUT2D eigenvalue weighted by atomic mass is 19.1. The van der Waals surface area contributed by atoms with Gasteiger partial charge in [-0.05, 0) is 31.2 Å². The van der Waals surface area contributed by atoms with Crippen LogP contribution in [-0.4, -0.2) is 12.4 Å². The van der Waals surface area contributed by atoms with Crippen LogP contribution in [0, 0.1) is 0 Å². The van der Waals surface area contributed by atoms with Gasteiger partial charge in [-0.2, -0.15) is 0 Å². The zero-order valence-corrected chi connectivity index (χ0v) is 10.7. The predicted octanol–water partition coefficient (Wildman–Crippen LogP) is 4.06. The lowest BCUT2D eigenvalue weighted by atomic mass is 10.1. The maximum Gasteiger partial charge on any atom is 0.150 e. The highest BCUT2D eigenvalue weighted by molar-refractivity contribution is 5.77. The molecule has 0 N–H and O–H groups in total. The van der Waals surface area contributed by atoms with Gasteiger partial charge in [0, 0.05) is 17.5 Å². The molecule has 19 heavy (non-hydrogen) atoms. The van der Waals surface area contributed by atoms with Gasteiger partial charge in [0.15, 0.2) is 0 Å². The van der Waals surface area contributed by atoms with Gasteiger partial charge in [-0.3, -0.25) is 4.79 Å². The molecule has 0 amide bonds. The van der Waals surface area contributed by atoms with E-state index in [1.807, 2.05) is 25.1 Å². The minimum atomic E-state index is -0.309. The minimum Gasteiger partial charge on any atom is -0.486 e. The maximum absolute atomic E-state index is 13.2. The Labute approximate surface area is 111 Å². The molecule has 2 nitrogen and oxygen atoms in total. The molecule has 0 aromatic heterocycles. The highest BCUT2D eigenvalue weighted by Gasteiger charge is 2.14. The van der Waals surface area contributed by atoms with Crippen molar-refractivity contribution in [3.63, 3.8) is 0 Å². The number of rotatable bonds is 4. The Morgan fingerprint density at radius 1 is 1.47 bits per heavy atom. The number of benzene rings is 1. The zero-order chi connectivity index (χ0) is 13.7. The molecule has 1 unspecified atom stereocenters. The van der Waals surface area contributed by atoms with E-state index in [1.165, 1.54) is 6.08 Å². The van der Waals surface area contributed by atoms with Crippen molar-refractivity contribution in [3.05, 3.63) is 65.5 Å². The maximum atomic E-state index is 13.2. The summed E-state index contributed by atoms with van der Waals surface area (Å²) in [4.78, 5) is 10.8. The predicted molar refractivity (Wildman–Crippen MR) is 73.3 cm³/mol. The van der Waals surface area contributed by atoms with Crippen LogP contribution in [0.1, 0.15) is 29.3 Å². The summed E-state index contributed by atoms with van der Waals surface area (Å²) in [5.41, 5.74) is 1.40. The van der Waals surface area contributed by atoms with Crippen LogP contribution in [0.2, 0.25) is 0 Å². The van der Waals surface area contributed by atoms with Gasteiger partial charge in [0.25, 0.3) is 0 Å². The third-order valence-electron chi connectivity index (χ3n) is 2.85. The number of carbonyl (C=O) groups excluding carboxylic acids is 1. The van der Waals surface area contributed by atoms with E-state index in [0.717, 1.165) is 11.8 Å². The summed E-state index contributed by atoms with van der Waals surface area (Å²) >= 11 is 0. The molecule has 0 bridgehead atoms. The number of aldehydes is 1. The molecule has 0 aliphatic heterocycles. The molecule has 98 valence electrons. The fraction of sp³-hybridized carbons (Fsp3) is 0.188. The van der Waals surface area contributed by atoms with Gasteiger partial charge in [0.1, 0.15) is 24.0 Å². The first kappa shape index (κ1) is 13.3. The third kappa shape index (κ3) is 3.41. The molecule has 0 radical (unpaired) electrons. The van der Waals surface area contributed by atoms with Crippen LogP contribution in [0.15, 0.2) is 54.4 Å². The minimum absolute atomic E-state index is 0.190. The Morgan fingerprint density at radius 2 is 2.32 bits per heavy atom. The smallest absolute Gasteiger partial charge is 0.150 e. The first-order valence-electron chi connectivity index (χ1n) is 6.14. The molecule has 1 aliphatic rings. The first-order chi connectivity index (χ1) is 9.22. The molecule has 0 heterocycles. The molecule has 1 aromatic carbocycles. The molecule has 1 aromatic rings. The number of hydrogen-bond donors (Lipinski definition) is 0. The van der Waals surface area contributed by atoms with Crippen LogP contribution >= 0.6 is 0 Å². The number of hydrogen-bond acceptors (Lipinski definition) is 2. The Balaban J connectivity index is 2.15. The van der Waals surface area contributed by atoms with Crippen molar-refractivity contribution >= 4 is 12.0 Å². The van der Waals surface area contributed by atoms with E-state index < -0.39 is 0 Å². The van der Waals surface area contributed by atoms with Crippen molar-refractivity contribution in [2.45, 2.75) is 19.4 Å². The molecule has 3 heteroatoms. The third-order valence-corrected chi connectivity index (χ3v) is 2.85. The molecule has 1 aliphatic carbocycles. The van der Waals surface area contributed by atoms with Crippen molar-refractivity contribution in [1.82, 2.24) is 0 Å². The van der Waals surface area contributed by atoms with E-state index >= 15 is 0 Å². The Hall–Kier alpha value is -2.16. The molecule has 0 fully saturated rings. The SMILES string of the molecule is C/C=C(/OC1C=CC=C(F)C1)c1cccc(C=O)c1. The van der Waals surface area contributed by atoms with Crippen molar-refractivity contribution in [3.8, 4) is 0 Å². The Morgan fingerprint density at radius 3 is 3.00 bits per heavy atom. The van der Waals surface area contributed by atoms with Gasteiger partial charge >= 0.3 is 0 Å². The van der Waals surface area contributed by atoms with Crippen molar-refractivity contribution in [1.29, 1.82) is 0 Å². The molecular formula is C16H15FO2. The second-order valence-electron chi connectivity index (χ2n) is 4.26. The normalized spacial score (nSPS) is 18.9. The highest BCUT2D eigenvalue weighted by Crippen LogP contribution is 2.24. The summed E-state index contributed by atoms with van der Waals surface area (Å²) in [7, 11) is 0. The van der Waals surface area contributed by atoms with E-state index in [-0.39, 0.29) is 18.4 Å². The van der Waals surface area contributed by atoms with E-state index in [4.69, 9.17) is 4.74 Å². The van der Waals surface area contributed by atoms with Crippen LogP contribution in [0.3, 0.4) is 0 Å². The van der Waals surface area contributed by atoms with Gasteiger partial charge in [0.2, 0.25) is 0 Å².